The summed E-state index contributed by atoms with van der Waals surface area (Å²) < 4.78 is 5.30. The molecule has 26 heavy (non-hydrogen) atoms. The molecule has 0 aromatic heterocycles. The van der Waals surface area contributed by atoms with Gasteiger partial charge < -0.3 is 20.9 Å². The van der Waals surface area contributed by atoms with Crippen LogP contribution in [0, 0.1) is 0 Å². The van der Waals surface area contributed by atoms with E-state index in [0.717, 1.165) is 16.7 Å². The minimum atomic E-state index is -0.827. The van der Waals surface area contributed by atoms with E-state index in [0.29, 0.717) is 37.2 Å². The van der Waals surface area contributed by atoms with Crippen molar-refractivity contribution in [1.29, 1.82) is 0 Å². The zero-order chi connectivity index (χ0) is 18.9. The van der Waals surface area contributed by atoms with Crippen molar-refractivity contribution in [1.82, 2.24) is 5.32 Å². The molecule has 0 fully saturated rings. The SMILES string of the molecule is COc1ccc(-c2ccc(CN)cc2)cc1C(=O)NCCCCC(=O)O. The summed E-state index contributed by atoms with van der Waals surface area (Å²) in [6.07, 6.45) is 1.24. The highest BCUT2D eigenvalue weighted by Crippen LogP contribution is 2.27. The van der Waals surface area contributed by atoms with Gasteiger partial charge in [-0.25, -0.2) is 0 Å². The fourth-order valence-electron chi connectivity index (χ4n) is 2.60. The molecular weight excluding hydrogens is 332 g/mol. The Labute approximate surface area is 153 Å². The van der Waals surface area contributed by atoms with E-state index in [1.807, 2.05) is 30.3 Å². The molecule has 4 N–H and O–H groups in total. The molecule has 0 saturated carbocycles. The highest BCUT2D eigenvalue weighted by Gasteiger charge is 2.13. The first kappa shape index (κ1) is 19.5. The molecule has 0 aliphatic rings. The molecule has 2 rings (SSSR count). The number of carbonyl (C=O) groups is 2. The molecule has 6 nitrogen and oxygen atoms in total. The predicted molar refractivity (Wildman–Crippen MR) is 100 cm³/mol. The van der Waals surface area contributed by atoms with Gasteiger partial charge in [-0.3, -0.25) is 9.59 Å². The number of unbranched alkanes of at least 4 members (excludes halogenated alkanes) is 1. The van der Waals surface area contributed by atoms with E-state index in [1.165, 1.54) is 7.11 Å². The standard InChI is InChI=1S/C20H24N2O4/c1-26-18-10-9-16(15-7-5-14(13-21)6-8-15)12-17(18)20(25)22-11-3-2-4-19(23)24/h5-10,12H,2-4,11,13,21H2,1H3,(H,22,25)(H,23,24). The fraction of sp³-hybridized carbons (Fsp3) is 0.300. The van der Waals surface area contributed by atoms with Gasteiger partial charge in [0.2, 0.25) is 0 Å². The van der Waals surface area contributed by atoms with Crippen LogP contribution in [0.5, 0.6) is 5.75 Å². The number of methoxy groups -OCH3 is 1. The minimum absolute atomic E-state index is 0.105. The van der Waals surface area contributed by atoms with Crippen molar-refractivity contribution in [3.8, 4) is 16.9 Å². The van der Waals surface area contributed by atoms with Crippen molar-refractivity contribution in [3.05, 3.63) is 53.6 Å². The molecule has 2 aromatic carbocycles. The quantitative estimate of drug-likeness (QED) is 0.600. The number of carbonyl (C=O) groups excluding carboxylic acids is 1. The lowest BCUT2D eigenvalue weighted by molar-refractivity contribution is -0.137. The van der Waals surface area contributed by atoms with Gasteiger partial charge in [0.25, 0.3) is 5.91 Å². The van der Waals surface area contributed by atoms with Crippen LogP contribution >= 0.6 is 0 Å². The van der Waals surface area contributed by atoms with Crippen molar-refractivity contribution >= 4 is 11.9 Å². The molecule has 0 aliphatic carbocycles. The van der Waals surface area contributed by atoms with Gasteiger partial charge >= 0.3 is 5.97 Å². The van der Waals surface area contributed by atoms with Crippen molar-refractivity contribution in [2.75, 3.05) is 13.7 Å². The Morgan fingerprint density at radius 3 is 2.38 bits per heavy atom. The molecule has 1 amide bonds. The van der Waals surface area contributed by atoms with Crippen LogP contribution in [0.1, 0.15) is 35.2 Å². The van der Waals surface area contributed by atoms with E-state index >= 15 is 0 Å². The summed E-state index contributed by atoms with van der Waals surface area (Å²) in [6, 6.07) is 13.3. The van der Waals surface area contributed by atoms with Gasteiger partial charge in [-0.05, 0) is 41.7 Å². The highest BCUT2D eigenvalue weighted by molar-refractivity contribution is 5.98. The summed E-state index contributed by atoms with van der Waals surface area (Å²) >= 11 is 0. The van der Waals surface area contributed by atoms with Crippen molar-refractivity contribution < 1.29 is 19.4 Å². The molecule has 0 radical (unpaired) electrons. The van der Waals surface area contributed by atoms with Crippen LogP contribution in [0.4, 0.5) is 0 Å². The lowest BCUT2D eigenvalue weighted by Crippen LogP contribution is -2.25. The minimum Gasteiger partial charge on any atom is -0.496 e. The topological polar surface area (TPSA) is 102 Å². The predicted octanol–water partition coefficient (Wildman–Crippen LogP) is 2.81. The van der Waals surface area contributed by atoms with Crippen molar-refractivity contribution in [2.45, 2.75) is 25.8 Å². The maximum absolute atomic E-state index is 12.5. The van der Waals surface area contributed by atoms with Crippen LogP contribution in [0.3, 0.4) is 0 Å². The summed E-state index contributed by atoms with van der Waals surface area (Å²) in [7, 11) is 1.52. The van der Waals surface area contributed by atoms with Crippen LogP contribution in [-0.2, 0) is 11.3 Å². The second-order valence-corrected chi connectivity index (χ2v) is 5.92. The number of ether oxygens (including phenoxy) is 1. The number of carboxylic acids is 1. The Morgan fingerprint density at radius 2 is 1.77 bits per heavy atom. The maximum Gasteiger partial charge on any atom is 0.303 e. The van der Waals surface area contributed by atoms with Crippen LogP contribution in [0.25, 0.3) is 11.1 Å². The van der Waals surface area contributed by atoms with Gasteiger partial charge in [0.05, 0.1) is 12.7 Å². The fourth-order valence-corrected chi connectivity index (χ4v) is 2.60. The molecule has 0 unspecified atom stereocenters. The van der Waals surface area contributed by atoms with Gasteiger partial charge in [0.15, 0.2) is 0 Å². The van der Waals surface area contributed by atoms with Gasteiger partial charge in [-0.2, -0.15) is 0 Å². The third-order valence-electron chi connectivity index (χ3n) is 4.07. The van der Waals surface area contributed by atoms with Crippen LogP contribution in [0.15, 0.2) is 42.5 Å². The first-order valence-corrected chi connectivity index (χ1v) is 8.52. The third kappa shape index (κ3) is 5.32. The smallest absolute Gasteiger partial charge is 0.303 e. The first-order chi connectivity index (χ1) is 12.5. The molecular formula is C20H24N2O4. The Kier molecular flexibility index (Phi) is 7.17. The highest BCUT2D eigenvalue weighted by atomic mass is 16.5. The van der Waals surface area contributed by atoms with E-state index in [4.69, 9.17) is 15.6 Å². The molecule has 0 spiro atoms. The molecule has 0 heterocycles. The number of aliphatic carboxylic acids is 1. The number of carboxylic acid groups (broad SMARTS) is 1. The molecule has 0 aliphatic heterocycles. The number of rotatable bonds is 9. The zero-order valence-electron chi connectivity index (χ0n) is 14.8. The van der Waals surface area contributed by atoms with Crippen molar-refractivity contribution in [2.24, 2.45) is 5.73 Å². The van der Waals surface area contributed by atoms with E-state index in [9.17, 15) is 9.59 Å². The molecule has 138 valence electrons. The number of nitrogens with two attached hydrogens (primary N) is 1. The second-order valence-electron chi connectivity index (χ2n) is 5.92. The summed E-state index contributed by atoms with van der Waals surface area (Å²) in [6.45, 7) is 0.906. The molecule has 6 heteroatoms. The Hall–Kier alpha value is -2.86. The van der Waals surface area contributed by atoms with Gasteiger partial charge in [-0.1, -0.05) is 30.3 Å². The van der Waals surface area contributed by atoms with E-state index in [1.54, 1.807) is 12.1 Å². The van der Waals surface area contributed by atoms with Gasteiger partial charge in [-0.15, -0.1) is 0 Å². The summed E-state index contributed by atoms with van der Waals surface area (Å²) in [5.74, 6) is -0.570. The normalized spacial score (nSPS) is 10.4. The molecule has 0 saturated heterocycles. The molecule has 2 aromatic rings. The summed E-state index contributed by atoms with van der Waals surface area (Å²) in [5, 5.41) is 11.4. The summed E-state index contributed by atoms with van der Waals surface area (Å²) in [5.41, 5.74) is 9.01. The maximum atomic E-state index is 12.5. The van der Waals surface area contributed by atoms with Crippen LogP contribution in [0.2, 0.25) is 0 Å². The van der Waals surface area contributed by atoms with Gasteiger partial charge in [0, 0.05) is 19.5 Å². The van der Waals surface area contributed by atoms with Gasteiger partial charge in [0.1, 0.15) is 5.75 Å². The first-order valence-electron chi connectivity index (χ1n) is 8.52. The Balaban J connectivity index is 2.10. The second kappa shape index (κ2) is 9.58. The average Bonchev–Trinajstić information content (AvgIpc) is 2.67. The Bertz CT molecular complexity index is 757. The van der Waals surface area contributed by atoms with Crippen LogP contribution in [-0.4, -0.2) is 30.6 Å². The summed E-state index contributed by atoms with van der Waals surface area (Å²) in [4.78, 5) is 23.0. The average molecular weight is 356 g/mol. The van der Waals surface area contributed by atoms with E-state index < -0.39 is 5.97 Å². The van der Waals surface area contributed by atoms with Crippen LogP contribution < -0.4 is 15.8 Å². The lowest BCUT2D eigenvalue weighted by Gasteiger charge is -2.12. The largest absolute Gasteiger partial charge is 0.496 e. The zero-order valence-corrected chi connectivity index (χ0v) is 14.8. The van der Waals surface area contributed by atoms with E-state index in [2.05, 4.69) is 5.32 Å². The Morgan fingerprint density at radius 1 is 1.08 bits per heavy atom. The number of amides is 1. The third-order valence-corrected chi connectivity index (χ3v) is 4.07. The number of hydrogen-bond donors (Lipinski definition) is 3. The number of benzene rings is 2. The number of hydrogen-bond acceptors (Lipinski definition) is 4. The number of nitrogens with one attached hydrogen (secondary N) is 1. The molecule has 0 bridgehead atoms. The monoisotopic (exact) mass is 356 g/mol. The molecule has 0 atom stereocenters. The van der Waals surface area contributed by atoms with E-state index in [-0.39, 0.29) is 12.3 Å². The lowest BCUT2D eigenvalue weighted by atomic mass is 10.0. The van der Waals surface area contributed by atoms with Crippen molar-refractivity contribution in [3.63, 3.8) is 0 Å².